The van der Waals surface area contributed by atoms with Gasteiger partial charge in [-0.25, -0.2) is 0 Å². The number of anilines is 1. The molecule has 1 unspecified atom stereocenters. The molecule has 1 aliphatic rings. The lowest BCUT2D eigenvalue weighted by Gasteiger charge is -2.13. The molecule has 0 radical (unpaired) electrons. The van der Waals surface area contributed by atoms with Gasteiger partial charge in [0.2, 0.25) is 0 Å². The number of aromatic nitrogens is 1. The SMILES string of the molecule is CC(NC(=O)c1ccc2c(c1)NC(=O)c1ccccc1S2)c1cncs1. The molecule has 0 spiro atoms. The standard InChI is InChI=1S/C19H15N3O2S2/c1-11(17-9-20-10-25-17)21-18(23)12-6-7-16-14(8-12)22-19(24)13-4-2-3-5-15(13)26-16/h2-11H,1H3,(H,21,23)(H,22,24). The van der Waals surface area contributed by atoms with Gasteiger partial charge in [-0.3, -0.25) is 14.6 Å². The Balaban J connectivity index is 1.59. The van der Waals surface area contributed by atoms with E-state index in [0.29, 0.717) is 16.8 Å². The van der Waals surface area contributed by atoms with Gasteiger partial charge in [0.05, 0.1) is 22.8 Å². The summed E-state index contributed by atoms with van der Waals surface area (Å²) < 4.78 is 0. The molecule has 0 fully saturated rings. The van der Waals surface area contributed by atoms with E-state index in [9.17, 15) is 9.59 Å². The Labute approximate surface area is 158 Å². The van der Waals surface area contributed by atoms with Crippen molar-refractivity contribution in [2.24, 2.45) is 0 Å². The van der Waals surface area contributed by atoms with Gasteiger partial charge in [-0.1, -0.05) is 23.9 Å². The molecule has 2 N–H and O–H groups in total. The molecule has 26 heavy (non-hydrogen) atoms. The van der Waals surface area contributed by atoms with Gasteiger partial charge < -0.3 is 10.6 Å². The van der Waals surface area contributed by atoms with Crippen molar-refractivity contribution in [2.45, 2.75) is 22.8 Å². The Hall–Kier alpha value is -2.64. The van der Waals surface area contributed by atoms with Gasteiger partial charge in [-0.15, -0.1) is 11.3 Å². The summed E-state index contributed by atoms with van der Waals surface area (Å²) in [5, 5.41) is 5.87. The zero-order chi connectivity index (χ0) is 18.1. The zero-order valence-electron chi connectivity index (χ0n) is 13.9. The fraction of sp³-hybridized carbons (Fsp3) is 0.105. The van der Waals surface area contributed by atoms with Gasteiger partial charge in [0.25, 0.3) is 11.8 Å². The minimum Gasteiger partial charge on any atom is -0.345 e. The maximum absolute atomic E-state index is 12.6. The average Bonchev–Trinajstić information content (AvgIpc) is 3.13. The number of thiazole rings is 1. The van der Waals surface area contributed by atoms with E-state index in [-0.39, 0.29) is 17.9 Å². The van der Waals surface area contributed by atoms with Crippen LogP contribution in [0.1, 0.15) is 38.6 Å². The third-order valence-corrected chi connectivity index (χ3v) is 6.18. The first-order chi connectivity index (χ1) is 12.6. The topological polar surface area (TPSA) is 71.1 Å². The van der Waals surface area contributed by atoms with Crippen molar-refractivity contribution in [1.82, 2.24) is 10.3 Å². The summed E-state index contributed by atoms with van der Waals surface area (Å²) in [4.78, 5) is 31.9. The zero-order valence-corrected chi connectivity index (χ0v) is 15.5. The number of nitrogens with one attached hydrogen (secondary N) is 2. The maximum atomic E-state index is 12.6. The molecule has 7 heteroatoms. The lowest BCUT2D eigenvalue weighted by atomic mass is 10.1. The van der Waals surface area contributed by atoms with Gasteiger partial charge >= 0.3 is 0 Å². The van der Waals surface area contributed by atoms with Crippen molar-refractivity contribution in [1.29, 1.82) is 0 Å². The molecule has 4 rings (SSSR count). The number of carbonyl (C=O) groups excluding carboxylic acids is 2. The van der Waals surface area contributed by atoms with E-state index in [0.717, 1.165) is 14.7 Å². The van der Waals surface area contributed by atoms with Gasteiger partial charge in [0.15, 0.2) is 0 Å². The van der Waals surface area contributed by atoms with Crippen LogP contribution in [0.15, 0.2) is 64.0 Å². The Morgan fingerprint density at radius 1 is 1.19 bits per heavy atom. The molecule has 3 aromatic rings. The summed E-state index contributed by atoms with van der Waals surface area (Å²) >= 11 is 3.02. The number of benzene rings is 2. The molecule has 130 valence electrons. The van der Waals surface area contributed by atoms with E-state index < -0.39 is 0 Å². The van der Waals surface area contributed by atoms with Crippen LogP contribution in [-0.2, 0) is 0 Å². The van der Waals surface area contributed by atoms with Crippen molar-refractivity contribution in [3.8, 4) is 0 Å². The number of fused-ring (bicyclic) bond motifs is 2. The van der Waals surface area contributed by atoms with E-state index in [4.69, 9.17) is 0 Å². The Kier molecular flexibility index (Phi) is 4.48. The number of hydrogen-bond acceptors (Lipinski definition) is 5. The fourth-order valence-corrected chi connectivity index (χ4v) is 4.34. The van der Waals surface area contributed by atoms with Crippen LogP contribution in [0.2, 0.25) is 0 Å². The van der Waals surface area contributed by atoms with Crippen LogP contribution in [0.4, 0.5) is 5.69 Å². The van der Waals surface area contributed by atoms with Crippen molar-refractivity contribution in [2.75, 3.05) is 5.32 Å². The highest BCUT2D eigenvalue weighted by Crippen LogP contribution is 2.39. The smallest absolute Gasteiger partial charge is 0.256 e. The molecule has 2 amide bonds. The molecule has 0 aliphatic carbocycles. The summed E-state index contributed by atoms with van der Waals surface area (Å²) in [6.07, 6.45) is 1.75. The Morgan fingerprint density at radius 2 is 2.04 bits per heavy atom. The predicted octanol–water partition coefficient (Wildman–Crippen LogP) is 4.35. The van der Waals surface area contributed by atoms with Crippen LogP contribution in [0.5, 0.6) is 0 Å². The van der Waals surface area contributed by atoms with Crippen LogP contribution in [0.25, 0.3) is 0 Å². The van der Waals surface area contributed by atoms with Crippen LogP contribution in [0, 0.1) is 0 Å². The lowest BCUT2D eigenvalue weighted by molar-refractivity contribution is 0.0939. The van der Waals surface area contributed by atoms with Gasteiger partial charge in [-0.05, 0) is 37.3 Å². The lowest BCUT2D eigenvalue weighted by Crippen LogP contribution is -2.26. The van der Waals surface area contributed by atoms with Crippen molar-refractivity contribution < 1.29 is 9.59 Å². The van der Waals surface area contributed by atoms with E-state index in [1.54, 1.807) is 29.9 Å². The maximum Gasteiger partial charge on any atom is 0.256 e. The fourth-order valence-electron chi connectivity index (χ4n) is 2.70. The van der Waals surface area contributed by atoms with Crippen LogP contribution in [-0.4, -0.2) is 16.8 Å². The summed E-state index contributed by atoms with van der Waals surface area (Å²) in [6, 6.07) is 12.7. The van der Waals surface area contributed by atoms with E-state index in [1.807, 2.05) is 31.2 Å². The van der Waals surface area contributed by atoms with E-state index in [1.165, 1.54) is 23.1 Å². The largest absolute Gasteiger partial charge is 0.345 e. The molecule has 2 heterocycles. The van der Waals surface area contributed by atoms with Crippen molar-refractivity contribution >= 4 is 40.6 Å². The van der Waals surface area contributed by atoms with Gasteiger partial charge in [0, 0.05) is 26.4 Å². The molecule has 0 saturated carbocycles. The number of carbonyl (C=O) groups is 2. The first-order valence-electron chi connectivity index (χ1n) is 8.03. The molecule has 0 saturated heterocycles. The molecule has 1 aliphatic heterocycles. The van der Waals surface area contributed by atoms with Crippen LogP contribution < -0.4 is 10.6 Å². The second-order valence-electron chi connectivity index (χ2n) is 5.86. The molecule has 2 aromatic carbocycles. The summed E-state index contributed by atoms with van der Waals surface area (Å²) in [6.45, 7) is 1.92. The third kappa shape index (κ3) is 3.23. The van der Waals surface area contributed by atoms with Gasteiger partial charge in [0.1, 0.15) is 0 Å². The predicted molar refractivity (Wildman–Crippen MR) is 103 cm³/mol. The quantitative estimate of drug-likeness (QED) is 0.707. The van der Waals surface area contributed by atoms with Crippen molar-refractivity contribution in [3.63, 3.8) is 0 Å². The second kappa shape index (κ2) is 6.93. The highest BCUT2D eigenvalue weighted by molar-refractivity contribution is 7.99. The molecule has 0 bridgehead atoms. The molecular formula is C19H15N3O2S2. The third-order valence-electron chi connectivity index (χ3n) is 4.07. The molecule has 1 atom stereocenters. The first-order valence-corrected chi connectivity index (χ1v) is 9.73. The highest BCUT2D eigenvalue weighted by atomic mass is 32.2. The van der Waals surface area contributed by atoms with E-state index >= 15 is 0 Å². The molecule has 1 aromatic heterocycles. The highest BCUT2D eigenvalue weighted by Gasteiger charge is 2.21. The number of nitrogens with zero attached hydrogens (tertiary/aromatic N) is 1. The van der Waals surface area contributed by atoms with Gasteiger partial charge in [-0.2, -0.15) is 0 Å². The van der Waals surface area contributed by atoms with Crippen LogP contribution in [0.3, 0.4) is 0 Å². The second-order valence-corrected chi connectivity index (χ2v) is 7.86. The minimum atomic E-state index is -0.185. The number of amides is 2. The Morgan fingerprint density at radius 3 is 2.85 bits per heavy atom. The summed E-state index contributed by atoms with van der Waals surface area (Å²) in [5.74, 6) is -0.350. The first kappa shape index (κ1) is 16.8. The minimum absolute atomic E-state index is 0.123. The monoisotopic (exact) mass is 381 g/mol. The number of rotatable bonds is 3. The summed E-state index contributed by atoms with van der Waals surface area (Å²) in [7, 11) is 0. The Bertz CT molecular complexity index is 986. The normalized spacial score (nSPS) is 13.8. The summed E-state index contributed by atoms with van der Waals surface area (Å²) in [5.41, 5.74) is 3.53. The molecule has 5 nitrogen and oxygen atoms in total. The van der Waals surface area contributed by atoms with E-state index in [2.05, 4.69) is 15.6 Å². The number of hydrogen-bond donors (Lipinski definition) is 2. The molecular weight excluding hydrogens is 366 g/mol. The van der Waals surface area contributed by atoms with Crippen molar-refractivity contribution in [3.05, 3.63) is 70.2 Å². The average molecular weight is 381 g/mol. The van der Waals surface area contributed by atoms with Crippen LogP contribution >= 0.6 is 23.1 Å².